The number of hydrogen-bond donors (Lipinski definition) is 0. The second-order valence-corrected chi connectivity index (χ2v) is 6.41. The molecule has 3 aromatic rings. The Balaban J connectivity index is 1.58. The number of carbonyl (C=O) groups excluding carboxylic acids is 1. The van der Waals surface area contributed by atoms with Crippen molar-refractivity contribution in [1.29, 1.82) is 0 Å². The van der Waals surface area contributed by atoms with Crippen LogP contribution in [0.1, 0.15) is 35.1 Å². The molecule has 0 bridgehead atoms. The van der Waals surface area contributed by atoms with Crippen molar-refractivity contribution in [2.24, 2.45) is 0 Å². The summed E-state index contributed by atoms with van der Waals surface area (Å²) >= 11 is 0. The van der Waals surface area contributed by atoms with Gasteiger partial charge in [0.15, 0.2) is 17.4 Å². The Morgan fingerprint density at radius 2 is 2.04 bits per heavy atom. The van der Waals surface area contributed by atoms with Gasteiger partial charge in [0, 0.05) is 19.2 Å². The summed E-state index contributed by atoms with van der Waals surface area (Å²) in [5, 5.41) is 8.66. The standard InChI is InChI=1S/C19H20N4O3/c1-13-10-22(19(24)16-9-8-15(26-16)12-25-2)11-17-20-21-18(23(13)17)14-6-4-3-5-7-14/h3-9,13H,10-12H2,1-2H3/t13-/m0/s1. The Kier molecular flexibility index (Phi) is 4.30. The zero-order valence-corrected chi connectivity index (χ0v) is 14.8. The normalized spacial score (nSPS) is 16.5. The molecular formula is C19H20N4O3. The van der Waals surface area contributed by atoms with Gasteiger partial charge in [-0.3, -0.25) is 4.79 Å². The lowest BCUT2D eigenvalue weighted by molar-refractivity contribution is 0.0642. The molecule has 0 saturated heterocycles. The minimum absolute atomic E-state index is 0.0707. The highest BCUT2D eigenvalue weighted by molar-refractivity contribution is 5.91. The van der Waals surface area contributed by atoms with E-state index < -0.39 is 0 Å². The van der Waals surface area contributed by atoms with Crippen molar-refractivity contribution < 1.29 is 13.9 Å². The van der Waals surface area contributed by atoms with E-state index in [4.69, 9.17) is 9.15 Å². The molecule has 0 unspecified atom stereocenters. The molecule has 3 heterocycles. The number of hydrogen-bond acceptors (Lipinski definition) is 5. The maximum absolute atomic E-state index is 12.8. The van der Waals surface area contributed by atoms with Crippen LogP contribution in [0.25, 0.3) is 11.4 Å². The van der Waals surface area contributed by atoms with E-state index in [1.54, 1.807) is 24.1 Å². The van der Waals surface area contributed by atoms with E-state index in [2.05, 4.69) is 21.7 Å². The predicted octanol–water partition coefficient (Wildman–Crippen LogP) is 2.90. The monoisotopic (exact) mass is 352 g/mol. The average molecular weight is 352 g/mol. The van der Waals surface area contributed by atoms with Crippen molar-refractivity contribution in [2.45, 2.75) is 26.1 Å². The van der Waals surface area contributed by atoms with Gasteiger partial charge in [-0.25, -0.2) is 0 Å². The van der Waals surface area contributed by atoms with Crippen molar-refractivity contribution in [1.82, 2.24) is 19.7 Å². The summed E-state index contributed by atoms with van der Waals surface area (Å²) in [5.74, 6) is 2.42. The van der Waals surface area contributed by atoms with E-state index in [0.717, 1.165) is 17.2 Å². The van der Waals surface area contributed by atoms with Crippen LogP contribution in [-0.2, 0) is 17.9 Å². The quantitative estimate of drug-likeness (QED) is 0.722. The third kappa shape index (κ3) is 2.90. The van der Waals surface area contributed by atoms with Gasteiger partial charge in [0.1, 0.15) is 12.4 Å². The number of methoxy groups -OCH3 is 1. The molecule has 1 amide bonds. The van der Waals surface area contributed by atoms with E-state index in [1.165, 1.54) is 0 Å². The summed E-state index contributed by atoms with van der Waals surface area (Å²) in [6.07, 6.45) is 0. The van der Waals surface area contributed by atoms with Crippen LogP contribution < -0.4 is 0 Å². The second kappa shape index (κ2) is 6.76. The van der Waals surface area contributed by atoms with E-state index in [1.807, 2.05) is 30.3 Å². The van der Waals surface area contributed by atoms with Gasteiger partial charge in [0.25, 0.3) is 5.91 Å². The van der Waals surface area contributed by atoms with Crippen LogP contribution >= 0.6 is 0 Å². The lowest BCUT2D eigenvalue weighted by Gasteiger charge is -2.32. The molecule has 7 heteroatoms. The van der Waals surface area contributed by atoms with Crippen molar-refractivity contribution in [3.63, 3.8) is 0 Å². The molecule has 0 fully saturated rings. The smallest absolute Gasteiger partial charge is 0.290 e. The molecule has 0 saturated carbocycles. The Morgan fingerprint density at radius 3 is 2.81 bits per heavy atom. The minimum atomic E-state index is -0.144. The molecule has 1 aromatic carbocycles. The molecule has 7 nitrogen and oxygen atoms in total. The Labute approximate surface area is 151 Å². The molecule has 0 spiro atoms. The number of fused-ring (bicyclic) bond motifs is 1. The number of rotatable bonds is 4. The first-order valence-electron chi connectivity index (χ1n) is 8.53. The largest absolute Gasteiger partial charge is 0.453 e. The fourth-order valence-corrected chi connectivity index (χ4v) is 3.34. The first-order chi connectivity index (χ1) is 12.7. The van der Waals surface area contributed by atoms with Gasteiger partial charge in [0.05, 0.1) is 12.6 Å². The van der Waals surface area contributed by atoms with Gasteiger partial charge < -0.3 is 18.6 Å². The van der Waals surface area contributed by atoms with E-state index in [9.17, 15) is 4.79 Å². The first-order valence-corrected chi connectivity index (χ1v) is 8.53. The Morgan fingerprint density at radius 1 is 1.23 bits per heavy atom. The molecule has 26 heavy (non-hydrogen) atoms. The van der Waals surface area contributed by atoms with Gasteiger partial charge in [-0.2, -0.15) is 0 Å². The van der Waals surface area contributed by atoms with Crippen LogP contribution in [0.2, 0.25) is 0 Å². The van der Waals surface area contributed by atoms with Crippen molar-refractivity contribution >= 4 is 5.91 Å². The number of amides is 1. The molecule has 1 aliphatic heterocycles. The maximum atomic E-state index is 12.8. The van der Waals surface area contributed by atoms with E-state index in [0.29, 0.717) is 31.2 Å². The first kappa shape index (κ1) is 16.5. The number of furan rings is 1. The van der Waals surface area contributed by atoms with Crippen molar-refractivity contribution in [3.8, 4) is 11.4 Å². The topological polar surface area (TPSA) is 73.4 Å². The molecule has 1 aliphatic rings. The highest BCUT2D eigenvalue weighted by atomic mass is 16.5. The maximum Gasteiger partial charge on any atom is 0.290 e. The minimum Gasteiger partial charge on any atom is -0.453 e. The van der Waals surface area contributed by atoms with Crippen LogP contribution in [0.3, 0.4) is 0 Å². The summed E-state index contributed by atoms with van der Waals surface area (Å²) in [6, 6.07) is 13.5. The third-order valence-electron chi connectivity index (χ3n) is 4.50. The van der Waals surface area contributed by atoms with E-state index >= 15 is 0 Å². The molecular weight excluding hydrogens is 332 g/mol. The summed E-state index contributed by atoms with van der Waals surface area (Å²) in [4.78, 5) is 14.5. The lowest BCUT2D eigenvalue weighted by Crippen LogP contribution is -2.40. The molecule has 0 N–H and O–H groups in total. The molecule has 2 aromatic heterocycles. The predicted molar refractivity (Wildman–Crippen MR) is 94.3 cm³/mol. The average Bonchev–Trinajstić information content (AvgIpc) is 3.29. The number of benzene rings is 1. The van der Waals surface area contributed by atoms with Crippen LogP contribution in [0.4, 0.5) is 0 Å². The Bertz CT molecular complexity index is 916. The van der Waals surface area contributed by atoms with Gasteiger partial charge in [0.2, 0.25) is 0 Å². The fraction of sp³-hybridized carbons (Fsp3) is 0.316. The molecule has 0 radical (unpaired) electrons. The van der Waals surface area contributed by atoms with Gasteiger partial charge >= 0.3 is 0 Å². The SMILES string of the molecule is COCc1ccc(C(=O)N2Cc3nnc(-c4ccccc4)n3[C@@H](C)C2)o1. The van der Waals surface area contributed by atoms with E-state index in [-0.39, 0.29) is 11.9 Å². The molecule has 134 valence electrons. The summed E-state index contributed by atoms with van der Waals surface area (Å²) in [5.41, 5.74) is 1.02. The zero-order chi connectivity index (χ0) is 18.1. The fourth-order valence-electron chi connectivity index (χ4n) is 3.34. The lowest BCUT2D eigenvalue weighted by atomic mass is 10.1. The molecule has 4 rings (SSSR count). The number of ether oxygens (including phenoxy) is 1. The van der Waals surface area contributed by atoms with Crippen LogP contribution in [0, 0.1) is 0 Å². The highest BCUT2D eigenvalue weighted by Crippen LogP contribution is 2.28. The summed E-state index contributed by atoms with van der Waals surface area (Å²) in [7, 11) is 1.59. The molecule has 0 aliphatic carbocycles. The number of aromatic nitrogens is 3. The van der Waals surface area contributed by atoms with Crippen LogP contribution in [0.5, 0.6) is 0 Å². The van der Waals surface area contributed by atoms with Gasteiger partial charge in [-0.15, -0.1) is 10.2 Å². The summed E-state index contributed by atoms with van der Waals surface area (Å²) < 4.78 is 12.7. The van der Waals surface area contributed by atoms with Gasteiger partial charge in [-0.1, -0.05) is 30.3 Å². The third-order valence-corrected chi connectivity index (χ3v) is 4.50. The van der Waals surface area contributed by atoms with Crippen LogP contribution in [0.15, 0.2) is 46.9 Å². The highest BCUT2D eigenvalue weighted by Gasteiger charge is 2.31. The zero-order valence-electron chi connectivity index (χ0n) is 14.8. The molecule has 1 atom stereocenters. The Hall–Kier alpha value is -2.93. The second-order valence-electron chi connectivity index (χ2n) is 6.41. The van der Waals surface area contributed by atoms with Crippen LogP contribution in [-0.4, -0.2) is 39.2 Å². The van der Waals surface area contributed by atoms with Crippen molar-refractivity contribution in [2.75, 3.05) is 13.7 Å². The number of nitrogens with zero attached hydrogens (tertiary/aromatic N) is 4. The van der Waals surface area contributed by atoms with Gasteiger partial charge in [-0.05, 0) is 19.1 Å². The summed E-state index contributed by atoms with van der Waals surface area (Å²) in [6.45, 7) is 3.39. The number of carbonyl (C=O) groups is 1. The van der Waals surface area contributed by atoms with Crippen molar-refractivity contribution in [3.05, 3.63) is 59.8 Å².